The van der Waals surface area contributed by atoms with E-state index in [1.807, 2.05) is 0 Å². The fraction of sp³-hybridized carbons (Fsp3) is 0.846. The van der Waals surface area contributed by atoms with E-state index in [1.165, 1.54) is 38.5 Å². The van der Waals surface area contributed by atoms with Gasteiger partial charge in [-0.2, -0.15) is 0 Å². The van der Waals surface area contributed by atoms with Gasteiger partial charge in [0.05, 0.1) is 0 Å². The van der Waals surface area contributed by atoms with Crippen LogP contribution in [0.15, 0.2) is 20.0 Å². The zero-order valence-electron chi connectivity index (χ0n) is 25.6. The summed E-state index contributed by atoms with van der Waals surface area (Å²) in [5.41, 5.74) is 23.7. The van der Waals surface area contributed by atoms with E-state index < -0.39 is 0 Å². The van der Waals surface area contributed by atoms with Gasteiger partial charge in [0, 0.05) is 26.2 Å². The molecular formula is C26H57N10Na. The SMILES string of the molecule is CCCCC(CC)CN=C(N)NC(N)=NCCCCCCN=C(N)NC(N)=NCC(CC)CCCC.[H-].[Na+]. The number of aliphatic imine (C=N–C) groups is 4. The molecule has 0 saturated carbocycles. The van der Waals surface area contributed by atoms with Crippen molar-refractivity contribution in [3.05, 3.63) is 0 Å². The van der Waals surface area contributed by atoms with Gasteiger partial charge in [-0.05, 0) is 37.5 Å². The van der Waals surface area contributed by atoms with Crippen molar-refractivity contribution in [2.24, 2.45) is 54.7 Å². The van der Waals surface area contributed by atoms with Gasteiger partial charge >= 0.3 is 29.6 Å². The Hall–Kier alpha value is -1.52. The summed E-state index contributed by atoms with van der Waals surface area (Å²) in [7, 11) is 0. The number of hydrogen-bond donors (Lipinski definition) is 6. The fourth-order valence-corrected chi connectivity index (χ4v) is 3.69. The minimum Gasteiger partial charge on any atom is -1.00 e. The van der Waals surface area contributed by atoms with Crippen LogP contribution in [0.4, 0.5) is 0 Å². The van der Waals surface area contributed by atoms with Gasteiger partial charge < -0.3 is 24.4 Å². The monoisotopic (exact) mass is 532 g/mol. The van der Waals surface area contributed by atoms with Crippen molar-refractivity contribution in [2.45, 2.75) is 105 Å². The summed E-state index contributed by atoms with van der Waals surface area (Å²) in [5.74, 6) is 2.44. The van der Waals surface area contributed by atoms with Gasteiger partial charge in [-0.25, -0.2) is 0 Å². The molecule has 0 fully saturated rings. The molecule has 2 unspecified atom stereocenters. The minimum atomic E-state index is 0. The van der Waals surface area contributed by atoms with Gasteiger partial charge in [-0.3, -0.25) is 30.6 Å². The van der Waals surface area contributed by atoms with Crippen LogP contribution in [0.2, 0.25) is 0 Å². The number of nitrogens with zero attached hydrogens (tertiary/aromatic N) is 4. The molecule has 37 heavy (non-hydrogen) atoms. The molecule has 0 amide bonds. The first-order valence-electron chi connectivity index (χ1n) is 14.1. The van der Waals surface area contributed by atoms with Crippen LogP contribution < -0.4 is 63.1 Å². The molecule has 10 N–H and O–H groups in total. The molecule has 0 aromatic rings. The maximum absolute atomic E-state index is 5.93. The first kappa shape index (κ1) is 37.6. The van der Waals surface area contributed by atoms with E-state index in [0.29, 0.717) is 48.8 Å². The van der Waals surface area contributed by atoms with Crippen LogP contribution in [0.25, 0.3) is 0 Å². The van der Waals surface area contributed by atoms with Gasteiger partial charge in [-0.15, -0.1) is 0 Å². The first-order chi connectivity index (χ1) is 17.4. The first-order valence-corrected chi connectivity index (χ1v) is 14.1. The van der Waals surface area contributed by atoms with Crippen LogP contribution in [-0.4, -0.2) is 50.0 Å². The van der Waals surface area contributed by atoms with E-state index in [-0.39, 0.29) is 31.0 Å². The van der Waals surface area contributed by atoms with Crippen molar-refractivity contribution in [1.29, 1.82) is 0 Å². The van der Waals surface area contributed by atoms with Gasteiger partial charge in [0.1, 0.15) is 0 Å². The molecule has 0 aromatic carbocycles. The number of hydrogen-bond acceptors (Lipinski definition) is 4. The molecule has 0 aliphatic carbocycles. The Morgan fingerprint density at radius 3 is 1.24 bits per heavy atom. The Labute approximate surface area is 250 Å². The second kappa shape index (κ2) is 26.1. The number of guanidine groups is 4. The Bertz CT molecular complexity index is 614. The molecule has 0 aliphatic rings. The molecule has 0 heterocycles. The second-order valence-corrected chi connectivity index (χ2v) is 9.48. The molecule has 11 heteroatoms. The third-order valence-electron chi connectivity index (χ3n) is 6.27. The van der Waals surface area contributed by atoms with Crippen molar-refractivity contribution >= 4 is 23.8 Å². The number of nitrogens with two attached hydrogens (primary N) is 4. The van der Waals surface area contributed by atoms with Crippen LogP contribution in [0.5, 0.6) is 0 Å². The number of unbranched alkanes of at least 4 members (excludes halogenated alkanes) is 5. The molecule has 0 bridgehead atoms. The van der Waals surface area contributed by atoms with Crippen LogP contribution in [0, 0.1) is 11.8 Å². The molecule has 10 nitrogen and oxygen atoms in total. The van der Waals surface area contributed by atoms with Crippen molar-refractivity contribution in [1.82, 2.24) is 10.6 Å². The molecule has 0 aliphatic heterocycles. The summed E-state index contributed by atoms with van der Waals surface area (Å²) in [6.45, 7) is 11.5. The normalized spacial score (nSPS) is 14.7. The topological polar surface area (TPSA) is 178 Å². The van der Waals surface area contributed by atoms with Crippen molar-refractivity contribution in [2.75, 3.05) is 26.2 Å². The van der Waals surface area contributed by atoms with Crippen LogP contribution >= 0.6 is 0 Å². The third-order valence-corrected chi connectivity index (χ3v) is 6.27. The average molecular weight is 533 g/mol. The summed E-state index contributed by atoms with van der Waals surface area (Å²) in [4.78, 5) is 17.5. The largest absolute Gasteiger partial charge is 1.00 e. The minimum absolute atomic E-state index is 0. The molecule has 0 saturated heterocycles. The van der Waals surface area contributed by atoms with Crippen LogP contribution in [-0.2, 0) is 0 Å². The quantitative estimate of drug-likeness (QED) is 0.0611. The second-order valence-electron chi connectivity index (χ2n) is 9.48. The van der Waals surface area contributed by atoms with E-state index in [4.69, 9.17) is 22.9 Å². The Morgan fingerprint density at radius 2 is 0.919 bits per heavy atom. The Morgan fingerprint density at radius 1 is 0.568 bits per heavy atom. The van der Waals surface area contributed by atoms with Crippen molar-refractivity contribution < 1.29 is 31.0 Å². The van der Waals surface area contributed by atoms with Gasteiger partial charge in [0.15, 0.2) is 23.8 Å². The number of rotatable bonds is 19. The van der Waals surface area contributed by atoms with E-state index >= 15 is 0 Å². The van der Waals surface area contributed by atoms with Gasteiger partial charge in [-0.1, -0.05) is 79.1 Å². The average Bonchev–Trinajstić information content (AvgIpc) is 2.85. The predicted molar refractivity (Wildman–Crippen MR) is 158 cm³/mol. The van der Waals surface area contributed by atoms with E-state index in [0.717, 1.165) is 51.6 Å². The molecule has 2 atom stereocenters. The maximum atomic E-state index is 5.93. The maximum Gasteiger partial charge on any atom is 1.00 e. The van der Waals surface area contributed by atoms with E-state index in [2.05, 4.69) is 58.3 Å². The summed E-state index contributed by atoms with van der Waals surface area (Å²) >= 11 is 0. The van der Waals surface area contributed by atoms with Crippen molar-refractivity contribution in [3.8, 4) is 0 Å². The van der Waals surface area contributed by atoms with Gasteiger partial charge in [0.25, 0.3) is 0 Å². The zero-order chi connectivity index (χ0) is 27.0. The van der Waals surface area contributed by atoms with Crippen LogP contribution in [0.3, 0.4) is 0 Å². The summed E-state index contributed by atoms with van der Waals surface area (Å²) in [5, 5.41) is 5.76. The zero-order valence-corrected chi connectivity index (χ0v) is 26.6. The van der Waals surface area contributed by atoms with E-state index in [1.54, 1.807) is 0 Å². The number of nitrogens with one attached hydrogen (secondary N) is 2. The van der Waals surface area contributed by atoms with Gasteiger partial charge in [0.2, 0.25) is 0 Å². The third kappa shape index (κ3) is 23.3. The van der Waals surface area contributed by atoms with Crippen molar-refractivity contribution in [3.63, 3.8) is 0 Å². The Kier molecular flexibility index (Phi) is 26.5. The molecule has 0 aromatic heterocycles. The molecular weight excluding hydrogens is 475 g/mol. The molecule has 0 spiro atoms. The van der Waals surface area contributed by atoms with Crippen LogP contribution in [0.1, 0.15) is 106 Å². The molecule has 212 valence electrons. The predicted octanol–water partition coefficient (Wildman–Crippen LogP) is 0.534. The summed E-state index contributed by atoms with van der Waals surface area (Å²) < 4.78 is 0. The summed E-state index contributed by atoms with van der Waals surface area (Å²) in [6, 6.07) is 0. The summed E-state index contributed by atoms with van der Waals surface area (Å²) in [6.07, 6.45) is 13.4. The Balaban J connectivity index is -0.00000612. The molecule has 0 rings (SSSR count). The van der Waals surface area contributed by atoms with E-state index in [9.17, 15) is 0 Å². The fourth-order valence-electron chi connectivity index (χ4n) is 3.69. The standard InChI is InChI=1S/C26H56N10.Na.H/c1-5-9-15-21(7-3)19-33-25(29)35-23(27)31-17-13-11-12-14-18-32-24(28)36-26(30)34-20-22(8-4)16-10-6-2;;/h21-22H,5-20H2,1-4H3,(H5,27,29,31,33,35)(H5,28,30,32,34,36);;/q;+1;-1. The smallest absolute Gasteiger partial charge is 1.00 e. The molecule has 0 radical (unpaired) electrons.